The van der Waals surface area contributed by atoms with Gasteiger partial charge in [0.2, 0.25) is 0 Å². The molecule has 2 nitrogen and oxygen atoms in total. The predicted molar refractivity (Wildman–Crippen MR) is 30.6 cm³/mol. The van der Waals surface area contributed by atoms with Crippen LogP contribution >= 0.6 is 0 Å². The van der Waals surface area contributed by atoms with E-state index in [-0.39, 0.29) is 0 Å². The molecule has 0 spiro atoms. The molecule has 0 aliphatic carbocycles. The number of hydrogen-bond donors (Lipinski definition) is 0. The predicted octanol–water partition coefficient (Wildman–Crippen LogP) is 0.350. The second-order valence-electron chi connectivity index (χ2n) is 1.76. The first-order valence-corrected chi connectivity index (χ1v) is 2.60. The molecule has 1 heterocycles. The molecule has 0 aromatic rings. The molecule has 1 saturated heterocycles. The maximum absolute atomic E-state index is 3.86. The van der Waals surface area contributed by atoms with Crippen LogP contribution in [-0.2, 0) is 0 Å². The van der Waals surface area contributed by atoms with Crippen LogP contribution in [0.3, 0.4) is 0 Å². The Bertz CT molecular complexity index is 74.1. The quantitative estimate of drug-likeness (QED) is 0.341. The highest BCUT2D eigenvalue weighted by molar-refractivity contribution is 5.55. The molecular formula is C5H10N2. The molecule has 1 rings (SSSR count). The van der Waals surface area contributed by atoms with E-state index >= 15 is 0 Å². The molecule has 0 unspecified atom stereocenters. The Labute approximate surface area is 43.8 Å². The van der Waals surface area contributed by atoms with Gasteiger partial charge in [0.15, 0.2) is 0 Å². The number of rotatable bonds is 1. The van der Waals surface area contributed by atoms with E-state index in [2.05, 4.69) is 9.89 Å². The minimum Gasteiger partial charge on any atom is -0.363 e. The molecule has 0 amide bonds. The van der Waals surface area contributed by atoms with Gasteiger partial charge in [-0.15, -0.1) is 0 Å². The minimum absolute atomic E-state index is 1.21. The molecule has 0 N–H and O–H groups in total. The van der Waals surface area contributed by atoms with E-state index in [1.807, 2.05) is 6.34 Å². The third-order valence-electron chi connectivity index (χ3n) is 1.17. The third kappa shape index (κ3) is 0.918. The number of nitrogens with zero attached hydrogens (tertiary/aromatic N) is 2. The lowest BCUT2D eigenvalue weighted by atomic mass is 10.2. The summed E-state index contributed by atoms with van der Waals surface area (Å²) in [6.07, 6.45) is 3.23. The van der Waals surface area contributed by atoms with Crippen molar-refractivity contribution in [2.24, 2.45) is 4.99 Å². The van der Waals surface area contributed by atoms with Gasteiger partial charge in [-0.2, -0.15) is 0 Å². The van der Waals surface area contributed by atoms with Crippen molar-refractivity contribution in [3.63, 3.8) is 0 Å². The Morgan fingerprint density at radius 2 is 2.29 bits per heavy atom. The number of aliphatic imine (C=N–C) groups is 1. The molecule has 7 heavy (non-hydrogen) atoms. The molecule has 0 radical (unpaired) electrons. The summed E-state index contributed by atoms with van der Waals surface area (Å²) < 4.78 is 0. The van der Waals surface area contributed by atoms with E-state index in [4.69, 9.17) is 0 Å². The van der Waals surface area contributed by atoms with Crippen molar-refractivity contribution in [3.8, 4) is 0 Å². The monoisotopic (exact) mass is 98.1 g/mol. The van der Waals surface area contributed by atoms with Gasteiger partial charge in [-0.1, -0.05) is 0 Å². The van der Waals surface area contributed by atoms with Gasteiger partial charge in [0.05, 0.1) is 6.34 Å². The second-order valence-corrected chi connectivity index (χ2v) is 1.76. The summed E-state index contributed by atoms with van der Waals surface area (Å²) in [5, 5.41) is 0. The average Bonchev–Trinajstić information content (AvgIpc) is 1.55. The van der Waals surface area contributed by atoms with E-state index in [1.54, 1.807) is 7.05 Å². The second kappa shape index (κ2) is 1.96. The van der Waals surface area contributed by atoms with E-state index in [9.17, 15) is 0 Å². The zero-order valence-corrected chi connectivity index (χ0v) is 4.59. The molecule has 1 aliphatic rings. The van der Waals surface area contributed by atoms with Crippen molar-refractivity contribution in [2.75, 3.05) is 20.1 Å². The maximum Gasteiger partial charge on any atom is 0.0846 e. The van der Waals surface area contributed by atoms with Crippen LogP contribution in [0.25, 0.3) is 0 Å². The number of hydrogen-bond acceptors (Lipinski definition) is 1. The molecule has 2 heteroatoms. The molecule has 0 bridgehead atoms. The highest BCUT2D eigenvalue weighted by Gasteiger charge is 2.07. The lowest BCUT2D eigenvalue weighted by molar-refractivity contribution is 0.309. The first-order valence-electron chi connectivity index (χ1n) is 2.60. The summed E-state index contributed by atoms with van der Waals surface area (Å²) in [6, 6.07) is 0. The van der Waals surface area contributed by atoms with Gasteiger partial charge in [0.25, 0.3) is 0 Å². The van der Waals surface area contributed by atoms with Crippen LogP contribution in [0.2, 0.25) is 0 Å². The standard InChI is InChI=1S/C5H10N2/c1-6-5-7-3-2-4-7/h5H,2-4H2,1H3/b6-5+. The molecule has 0 saturated carbocycles. The summed E-state index contributed by atoms with van der Waals surface area (Å²) >= 11 is 0. The smallest absolute Gasteiger partial charge is 0.0846 e. The molecule has 40 valence electrons. The van der Waals surface area contributed by atoms with Gasteiger partial charge in [-0.3, -0.25) is 4.99 Å². The van der Waals surface area contributed by atoms with Gasteiger partial charge in [0.1, 0.15) is 0 Å². The Balaban J connectivity index is 2.14. The van der Waals surface area contributed by atoms with Crippen molar-refractivity contribution in [2.45, 2.75) is 6.42 Å². The molecule has 1 aliphatic heterocycles. The zero-order chi connectivity index (χ0) is 5.11. The molecule has 0 aromatic carbocycles. The first-order chi connectivity index (χ1) is 3.43. The topological polar surface area (TPSA) is 15.6 Å². The Kier molecular flexibility index (Phi) is 1.29. The van der Waals surface area contributed by atoms with Gasteiger partial charge >= 0.3 is 0 Å². The largest absolute Gasteiger partial charge is 0.363 e. The van der Waals surface area contributed by atoms with Gasteiger partial charge in [0, 0.05) is 20.1 Å². The Morgan fingerprint density at radius 1 is 1.57 bits per heavy atom. The molecular weight excluding hydrogens is 88.1 g/mol. The van der Waals surface area contributed by atoms with Crippen molar-refractivity contribution >= 4 is 6.34 Å². The lowest BCUT2D eigenvalue weighted by Gasteiger charge is -2.27. The fourth-order valence-electron chi connectivity index (χ4n) is 0.619. The first kappa shape index (κ1) is 4.62. The van der Waals surface area contributed by atoms with Crippen LogP contribution < -0.4 is 0 Å². The van der Waals surface area contributed by atoms with Crippen LogP contribution in [0.5, 0.6) is 0 Å². The fourth-order valence-corrected chi connectivity index (χ4v) is 0.619. The summed E-state index contributed by atoms with van der Waals surface area (Å²) in [5.41, 5.74) is 0. The van der Waals surface area contributed by atoms with Crippen molar-refractivity contribution < 1.29 is 0 Å². The number of likely N-dealkylation sites (tertiary alicyclic amines) is 1. The van der Waals surface area contributed by atoms with Crippen LogP contribution in [0.4, 0.5) is 0 Å². The maximum atomic E-state index is 3.86. The van der Waals surface area contributed by atoms with Crippen LogP contribution in [-0.4, -0.2) is 31.4 Å². The van der Waals surface area contributed by atoms with E-state index in [1.165, 1.54) is 19.5 Å². The fraction of sp³-hybridized carbons (Fsp3) is 0.800. The van der Waals surface area contributed by atoms with E-state index in [0.717, 1.165) is 0 Å². The molecule has 0 atom stereocenters. The molecule has 1 fully saturated rings. The van der Waals surface area contributed by atoms with Gasteiger partial charge in [-0.05, 0) is 6.42 Å². The van der Waals surface area contributed by atoms with E-state index in [0.29, 0.717) is 0 Å². The van der Waals surface area contributed by atoms with Crippen LogP contribution in [0, 0.1) is 0 Å². The molecule has 0 aromatic heterocycles. The van der Waals surface area contributed by atoms with Crippen molar-refractivity contribution in [3.05, 3.63) is 0 Å². The van der Waals surface area contributed by atoms with Crippen LogP contribution in [0.15, 0.2) is 4.99 Å². The summed E-state index contributed by atoms with van der Waals surface area (Å²) in [7, 11) is 1.80. The highest BCUT2D eigenvalue weighted by atomic mass is 15.2. The normalized spacial score (nSPS) is 20.4. The Hall–Kier alpha value is -0.530. The summed E-state index contributed by atoms with van der Waals surface area (Å²) in [4.78, 5) is 6.05. The lowest BCUT2D eigenvalue weighted by Crippen LogP contribution is -2.35. The summed E-state index contributed by atoms with van der Waals surface area (Å²) in [6.45, 7) is 2.41. The SMILES string of the molecule is C/N=C/N1CCC1. The Morgan fingerprint density at radius 3 is 2.43 bits per heavy atom. The average molecular weight is 98.1 g/mol. The summed E-state index contributed by atoms with van der Waals surface area (Å²) in [5.74, 6) is 0. The van der Waals surface area contributed by atoms with Gasteiger partial charge < -0.3 is 4.90 Å². The van der Waals surface area contributed by atoms with Gasteiger partial charge in [-0.25, -0.2) is 0 Å². The van der Waals surface area contributed by atoms with E-state index < -0.39 is 0 Å². The highest BCUT2D eigenvalue weighted by Crippen LogP contribution is 2.00. The van der Waals surface area contributed by atoms with Crippen molar-refractivity contribution in [1.29, 1.82) is 0 Å². The van der Waals surface area contributed by atoms with Crippen LogP contribution in [0.1, 0.15) is 6.42 Å². The zero-order valence-electron chi connectivity index (χ0n) is 4.59. The minimum atomic E-state index is 1.21. The third-order valence-corrected chi connectivity index (χ3v) is 1.17. The van der Waals surface area contributed by atoms with Crippen molar-refractivity contribution in [1.82, 2.24) is 4.90 Å².